The van der Waals surface area contributed by atoms with E-state index in [-0.39, 0.29) is 5.91 Å². The van der Waals surface area contributed by atoms with Crippen molar-refractivity contribution in [3.8, 4) is 16.5 Å². The molecule has 24 heavy (non-hydrogen) atoms. The van der Waals surface area contributed by atoms with E-state index in [4.69, 9.17) is 4.74 Å². The largest absolute Gasteiger partial charge is 0.481 e. The van der Waals surface area contributed by atoms with Gasteiger partial charge in [-0.3, -0.25) is 9.78 Å². The third-order valence-electron chi connectivity index (χ3n) is 3.59. The molecule has 3 aromatic rings. The van der Waals surface area contributed by atoms with Gasteiger partial charge in [0.1, 0.15) is 0 Å². The third-order valence-corrected chi connectivity index (χ3v) is 4.48. The van der Waals surface area contributed by atoms with Crippen molar-refractivity contribution in [2.75, 3.05) is 7.11 Å². The first kappa shape index (κ1) is 16.1. The van der Waals surface area contributed by atoms with E-state index in [1.807, 2.05) is 48.7 Å². The van der Waals surface area contributed by atoms with Crippen LogP contribution in [0.1, 0.15) is 21.6 Å². The van der Waals surface area contributed by atoms with Crippen LogP contribution in [-0.4, -0.2) is 23.0 Å². The molecule has 0 saturated carbocycles. The van der Waals surface area contributed by atoms with E-state index in [9.17, 15) is 4.79 Å². The molecule has 0 aliphatic heterocycles. The maximum atomic E-state index is 12.4. The lowest BCUT2D eigenvalue weighted by Gasteiger charge is -2.10. The number of hydrogen-bond acceptors (Lipinski definition) is 5. The maximum Gasteiger partial charge on any atom is 0.253 e. The number of amides is 1. The molecule has 0 bridgehead atoms. The van der Waals surface area contributed by atoms with E-state index in [0.29, 0.717) is 23.7 Å². The van der Waals surface area contributed by atoms with Gasteiger partial charge in [-0.2, -0.15) is 0 Å². The van der Waals surface area contributed by atoms with Crippen molar-refractivity contribution in [2.45, 2.75) is 13.5 Å². The van der Waals surface area contributed by atoms with Crippen molar-refractivity contribution >= 4 is 17.2 Å². The predicted octanol–water partition coefficient (Wildman–Crippen LogP) is 3.45. The monoisotopic (exact) mass is 339 g/mol. The third kappa shape index (κ3) is 3.44. The minimum absolute atomic E-state index is 0.163. The summed E-state index contributed by atoms with van der Waals surface area (Å²) >= 11 is 1.63. The second-order valence-corrected chi connectivity index (χ2v) is 6.11. The Kier molecular flexibility index (Phi) is 4.86. The van der Waals surface area contributed by atoms with Crippen LogP contribution in [0.25, 0.3) is 10.6 Å². The Labute approximate surface area is 144 Å². The van der Waals surface area contributed by atoms with Gasteiger partial charge < -0.3 is 10.1 Å². The lowest BCUT2D eigenvalue weighted by molar-refractivity contribution is 0.0949. The SMILES string of the molecule is COc1ncccc1CNC(=O)c1ccc(-c2cccs2)nc1C. The normalized spacial score (nSPS) is 10.4. The van der Waals surface area contributed by atoms with Crippen LogP contribution in [0.5, 0.6) is 5.88 Å². The fourth-order valence-corrected chi connectivity index (χ4v) is 3.07. The molecule has 0 aliphatic carbocycles. The van der Waals surface area contributed by atoms with Gasteiger partial charge in [-0.15, -0.1) is 11.3 Å². The number of carbonyl (C=O) groups excluding carboxylic acids is 1. The number of ether oxygens (including phenoxy) is 1. The molecular formula is C18H17N3O2S. The molecule has 0 aromatic carbocycles. The second-order valence-electron chi connectivity index (χ2n) is 5.16. The smallest absolute Gasteiger partial charge is 0.253 e. The Morgan fingerprint density at radius 3 is 2.83 bits per heavy atom. The molecule has 0 spiro atoms. The van der Waals surface area contributed by atoms with Crippen LogP contribution in [0.2, 0.25) is 0 Å². The van der Waals surface area contributed by atoms with Gasteiger partial charge in [-0.25, -0.2) is 4.98 Å². The lowest BCUT2D eigenvalue weighted by Crippen LogP contribution is -2.24. The van der Waals surface area contributed by atoms with Gasteiger partial charge >= 0.3 is 0 Å². The van der Waals surface area contributed by atoms with Crippen molar-refractivity contribution in [2.24, 2.45) is 0 Å². The summed E-state index contributed by atoms with van der Waals surface area (Å²) in [7, 11) is 1.56. The highest BCUT2D eigenvalue weighted by atomic mass is 32.1. The first-order chi connectivity index (χ1) is 11.7. The van der Waals surface area contributed by atoms with Crippen molar-refractivity contribution in [1.82, 2.24) is 15.3 Å². The van der Waals surface area contributed by atoms with E-state index in [0.717, 1.165) is 16.1 Å². The molecule has 3 aromatic heterocycles. The van der Waals surface area contributed by atoms with E-state index >= 15 is 0 Å². The highest BCUT2D eigenvalue weighted by molar-refractivity contribution is 7.13. The van der Waals surface area contributed by atoms with Gasteiger partial charge in [0.25, 0.3) is 5.91 Å². The Morgan fingerprint density at radius 2 is 2.12 bits per heavy atom. The van der Waals surface area contributed by atoms with Gasteiger partial charge in [0.2, 0.25) is 5.88 Å². The number of methoxy groups -OCH3 is 1. The number of nitrogens with one attached hydrogen (secondary N) is 1. The minimum Gasteiger partial charge on any atom is -0.481 e. The van der Waals surface area contributed by atoms with Crippen molar-refractivity contribution in [1.29, 1.82) is 0 Å². The number of aryl methyl sites for hydroxylation is 1. The van der Waals surface area contributed by atoms with E-state index < -0.39 is 0 Å². The highest BCUT2D eigenvalue weighted by Crippen LogP contribution is 2.23. The summed E-state index contributed by atoms with van der Waals surface area (Å²) in [5.41, 5.74) is 2.98. The maximum absolute atomic E-state index is 12.4. The molecule has 6 heteroatoms. The number of carbonyl (C=O) groups is 1. The van der Waals surface area contributed by atoms with Gasteiger partial charge in [0, 0.05) is 18.3 Å². The summed E-state index contributed by atoms with van der Waals surface area (Å²) in [4.78, 5) is 22.2. The molecule has 3 rings (SSSR count). The quantitative estimate of drug-likeness (QED) is 0.773. The molecule has 0 unspecified atom stereocenters. The number of nitrogens with zero attached hydrogens (tertiary/aromatic N) is 2. The second kappa shape index (κ2) is 7.23. The fraction of sp³-hybridized carbons (Fsp3) is 0.167. The Hall–Kier alpha value is -2.73. The zero-order valence-corrected chi connectivity index (χ0v) is 14.3. The number of aromatic nitrogens is 2. The molecule has 5 nitrogen and oxygen atoms in total. The van der Waals surface area contributed by atoms with E-state index in [2.05, 4.69) is 15.3 Å². The van der Waals surface area contributed by atoms with E-state index in [1.165, 1.54) is 0 Å². The average Bonchev–Trinajstić information content (AvgIpc) is 3.14. The zero-order chi connectivity index (χ0) is 16.9. The molecular weight excluding hydrogens is 322 g/mol. The van der Waals surface area contributed by atoms with Crippen molar-refractivity contribution in [3.63, 3.8) is 0 Å². The summed E-state index contributed by atoms with van der Waals surface area (Å²) in [5, 5.41) is 4.90. The van der Waals surface area contributed by atoms with Gasteiger partial charge in [-0.1, -0.05) is 12.1 Å². The molecule has 1 N–H and O–H groups in total. The minimum atomic E-state index is -0.163. The standard InChI is InChI=1S/C18H17N3O2S/c1-12-14(7-8-15(21-12)16-6-4-10-24-16)17(22)20-11-13-5-3-9-19-18(13)23-2/h3-10H,11H2,1-2H3,(H,20,22). The highest BCUT2D eigenvalue weighted by Gasteiger charge is 2.13. The van der Waals surface area contributed by atoms with Crippen LogP contribution >= 0.6 is 11.3 Å². The van der Waals surface area contributed by atoms with E-state index in [1.54, 1.807) is 24.6 Å². The summed E-state index contributed by atoms with van der Waals surface area (Å²) in [6.45, 7) is 2.19. The Balaban J connectivity index is 1.73. The molecule has 0 atom stereocenters. The summed E-state index contributed by atoms with van der Waals surface area (Å²) in [5.74, 6) is 0.351. The summed E-state index contributed by atoms with van der Waals surface area (Å²) in [6.07, 6.45) is 1.65. The number of thiophene rings is 1. The molecule has 0 fully saturated rings. The lowest BCUT2D eigenvalue weighted by atomic mass is 10.1. The van der Waals surface area contributed by atoms with Gasteiger partial charge in [0.05, 0.1) is 28.9 Å². The fourth-order valence-electron chi connectivity index (χ4n) is 2.38. The zero-order valence-electron chi connectivity index (χ0n) is 13.4. The average molecular weight is 339 g/mol. The topological polar surface area (TPSA) is 64.1 Å². The number of rotatable bonds is 5. The molecule has 0 radical (unpaired) electrons. The van der Waals surface area contributed by atoms with Crippen LogP contribution < -0.4 is 10.1 Å². The molecule has 122 valence electrons. The Morgan fingerprint density at radius 1 is 1.25 bits per heavy atom. The first-order valence-corrected chi connectivity index (χ1v) is 8.34. The van der Waals surface area contributed by atoms with Crippen molar-refractivity contribution in [3.05, 3.63) is 64.8 Å². The van der Waals surface area contributed by atoms with Crippen LogP contribution in [0.4, 0.5) is 0 Å². The number of hydrogen-bond donors (Lipinski definition) is 1. The van der Waals surface area contributed by atoms with Gasteiger partial charge in [0.15, 0.2) is 0 Å². The van der Waals surface area contributed by atoms with Crippen LogP contribution in [0.3, 0.4) is 0 Å². The van der Waals surface area contributed by atoms with Crippen LogP contribution in [0.15, 0.2) is 48.0 Å². The van der Waals surface area contributed by atoms with Crippen LogP contribution in [0, 0.1) is 6.92 Å². The van der Waals surface area contributed by atoms with Crippen molar-refractivity contribution < 1.29 is 9.53 Å². The molecule has 1 amide bonds. The summed E-state index contributed by atoms with van der Waals surface area (Å²) in [6, 6.07) is 11.4. The predicted molar refractivity (Wildman–Crippen MR) is 94.2 cm³/mol. The Bertz CT molecular complexity index is 847. The molecule has 0 saturated heterocycles. The van der Waals surface area contributed by atoms with Crippen LogP contribution in [-0.2, 0) is 6.54 Å². The molecule has 3 heterocycles. The number of pyridine rings is 2. The van der Waals surface area contributed by atoms with Gasteiger partial charge in [-0.05, 0) is 36.6 Å². The molecule has 0 aliphatic rings. The summed E-state index contributed by atoms with van der Waals surface area (Å²) < 4.78 is 5.19. The first-order valence-electron chi connectivity index (χ1n) is 7.46.